The largest absolute Gasteiger partial charge is 0.388 e. The van der Waals surface area contributed by atoms with Crippen molar-refractivity contribution in [3.05, 3.63) is 23.9 Å². The van der Waals surface area contributed by atoms with Gasteiger partial charge in [-0.15, -0.1) is 0 Å². The van der Waals surface area contributed by atoms with Gasteiger partial charge in [-0.3, -0.25) is 0 Å². The second-order valence-corrected chi connectivity index (χ2v) is 1.66. The molecule has 1 aliphatic carbocycles. The van der Waals surface area contributed by atoms with Gasteiger partial charge in [0, 0.05) is 12.7 Å². The highest BCUT2D eigenvalue weighted by atomic mass is 14.8. The Hall–Kier alpha value is -0.720. The molecule has 0 spiro atoms. The fourth-order valence-electron chi connectivity index (χ4n) is 0.458. The highest BCUT2D eigenvalue weighted by molar-refractivity contribution is 5.39. The van der Waals surface area contributed by atoms with Crippen molar-refractivity contribution < 1.29 is 0 Å². The molecule has 0 unspecified atom stereocenters. The van der Waals surface area contributed by atoms with Crippen LogP contribution in [0.25, 0.3) is 0 Å². The van der Waals surface area contributed by atoms with Crippen molar-refractivity contribution in [2.24, 2.45) is 0 Å². The zero-order valence-corrected chi connectivity index (χ0v) is 4.49. The first-order valence-electron chi connectivity index (χ1n) is 2.40. The van der Waals surface area contributed by atoms with Gasteiger partial charge >= 0.3 is 0 Å². The number of hydrogen-bond donors (Lipinski definition) is 1. The van der Waals surface area contributed by atoms with Crippen LogP contribution in [0, 0.1) is 0 Å². The summed E-state index contributed by atoms with van der Waals surface area (Å²) in [7, 11) is 1.89. The lowest BCUT2D eigenvalue weighted by Gasteiger charge is -1.94. The Morgan fingerprint density at radius 3 is 2.71 bits per heavy atom. The molecule has 1 nitrogen and oxygen atoms in total. The van der Waals surface area contributed by atoms with E-state index in [4.69, 9.17) is 0 Å². The number of nitrogens with one attached hydrogen (secondary N) is 1. The van der Waals surface area contributed by atoms with E-state index in [1.807, 2.05) is 7.05 Å². The first-order valence-corrected chi connectivity index (χ1v) is 2.40. The summed E-state index contributed by atoms with van der Waals surface area (Å²) in [5, 5.41) is 2.96. The van der Waals surface area contributed by atoms with E-state index in [2.05, 4.69) is 18.0 Å². The van der Waals surface area contributed by atoms with Crippen LogP contribution in [0.15, 0.2) is 23.9 Å². The van der Waals surface area contributed by atoms with Gasteiger partial charge < -0.3 is 5.32 Å². The predicted molar refractivity (Wildman–Crippen MR) is 30.9 cm³/mol. The summed E-state index contributed by atoms with van der Waals surface area (Å²) in [6.45, 7) is 3.76. The normalized spacial score (nSPS) is 15.3. The van der Waals surface area contributed by atoms with Gasteiger partial charge in [0.15, 0.2) is 0 Å². The second-order valence-electron chi connectivity index (χ2n) is 1.66. The maximum absolute atomic E-state index is 3.76. The van der Waals surface area contributed by atoms with Gasteiger partial charge in [-0.2, -0.15) is 0 Å². The molecule has 7 heavy (non-hydrogen) atoms. The number of allylic oxidation sites excluding steroid dienone is 2. The molecule has 0 saturated heterocycles. The summed E-state index contributed by atoms with van der Waals surface area (Å²) in [6.07, 6.45) is 3.29. The SMILES string of the molecule is C=C(NC)C1=CC1. The van der Waals surface area contributed by atoms with Crippen molar-refractivity contribution in [2.45, 2.75) is 6.42 Å². The van der Waals surface area contributed by atoms with E-state index in [1.165, 1.54) is 5.57 Å². The minimum Gasteiger partial charge on any atom is -0.388 e. The van der Waals surface area contributed by atoms with Gasteiger partial charge in [-0.25, -0.2) is 0 Å². The molecule has 0 amide bonds. The molecule has 1 rings (SSSR count). The third-order valence-electron chi connectivity index (χ3n) is 1.10. The van der Waals surface area contributed by atoms with Crippen LogP contribution in [0.2, 0.25) is 0 Å². The fraction of sp³-hybridized carbons (Fsp3) is 0.333. The zero-order chi connectivity index (χ0) is 5.28. The summed E-state index contributed by atoms with van der Waals surface area (Å²) >= 11 is 0. The third-order valence-corrected chi connectivity index (χ3v) is 1.10. The van der Waals surface area contributed by atoms with Crippen molar-refractivity contribution in [1.82, 2.24) is 5.32 Å². The molecule has 0 aromatic carbocycles. The first-order chi connectivity index (χ1) is 3.34. The highest BCUT2D eigenvalue weighted by Crippen LogP contribution is 2.23. The Morgan fingerprint density at radius 2 is 2.57 bits per heavy atom. The van der Waals surface area contributed by atoms with Crippen LogP contribution in [0.5, 0.6) is 0 Å². The highest BCUT2D eigenvalue weighted by Gasteiger charge is 2.07. The Kier molecular flexibility index (Phi) is 0.895. The topological polar surface area (TPSA) is 12.0 Å². The van der Waals surface area contributed by atoms with Crippen molar-refractivity contribution in [3.63, 3.8) is 0 Å². The molecule has 0 heterocycles. The minimum absolute atomic E-state index is 1.07. The second kappa shape index (κ2) is 1.41. The molecule has 0 aromatic rings. The first kappa shape index (κ1) is 4.44. The summed E-state index contributed by atoms with van der Waals surface area (Å²) in [6, 6.07) is 0. The molecule has 1 N–H and O–H groups in total. The van der Waals surface area contributed by atoms with E-state index >= 15 is 0 Å². The number of hydrogen-bond acceptors (Lipinski definition) is 1. The van der Waals surface area contributed by atoms with Crippen molar-refractivity contribution in [1.29, 1.82) is 0 Å². The van der Waals surface area contributed by atoms with Crippen LogP contribution >= 0.6 is 0 Å². The van der Waals surface area contributed by atoms with E-state index in [0.717, 1.165) is 12.1 Å². The Balaban J connectivity index is 2.39. The third kappa shape index (κ3) is 0.829. The van der Waals surface area contributed by atoms with Crippen LogP contribution in [0.3, 0.4) is 0 Å². The van der Waals surface area contributed by atoms with E-state index in [0.29, 0.717) is 0 Å². The van der Waals surface area contributed by atoms with Crippen LogP contribution in [-0.2, 0) is 0 Å². The monoisotopic (exact) mass is 95.1 g/mol. The fourth-order valence-corrected chi connectivity index (χ4v) is 0.458. The lowest BCUT2D eigenvalue weighted by molar-refractivity contribution is 1.02. The molecule has 0 saturated carbocycles. The van der Waals surface area contributed by atoms with Gasteiger partial charge in [-0.1, -0.05) is 12.7 Å². The molecular formula is C6H9N. The molecule has 1 heteroatoms. The molecule has 0 atom stereocenters. The Bertz CT molecular complexity index is 122. The summed E-state index contributed by atoms with van der Waals surface area (Å²) in [5.41, 5.74) is 2.43. The molecule has 1 aliphatic rings. The lowest BCUT2D eigenvalue weighted by Crippen LogP contribution is -2.01. The van der Waals surface area contributed by atoms with E-state index < -0.39 is 0 Å². The van der Waals surface area contributed by atoms with Gasteiger partial charge in [-0.05, 0) is 12.0 Å². The van der Waals surface area contributed by atoms with Gasteiger partial charge in [0.1, 0.15) is 0 Å². The standard InChI is InChI=1S/C6H9N/c1-5(7-2)6-3-4-6/h3,7H,1,4H2,2H3. The van der Waals surface area contributed by atoms with Crippen LogP contribution in [0.1, 0.15) is 6.42 Å². The summed E-state index contributed by atoms with van der Waals surface area (Å²) in [5.74, 6) is 0. The maximum atomic E-state index is 3.76. The molecule has 38 valence electrons. The maximum Gasteiger partial charge on any atom is 0.0297 e. The van der Waals surface area contributed by atoms with Gasteiger partial charge in [0.05, 0.1) is 0 Å². The Labute approximate surface area is 43.7 Å². The van der Waals surface area contributed by atoms with E-state index in [1.54, 1.807) is 0 Å². The number of likely N-dealkylation sites (N-methyl/N-ethyl adjacent to an activating group) is 1. The van der Waals surface area contributed by atoms with Crippen molar-refractivity contribution in [3.8, 4) is 0 Å². The molecular weight excluding hydrogens is 86.1 g/mol. The number of rotatable bonds is 2. The molecule has 0 radical (unpaired) electrons. The van der Waals surface area contributed by atoms with Crippen molar-refractivity contribution >= 4 is 0 Å². The lowest BCUT2D eigenvalue weighted by atomic mass is 10.4. The van der Waals surface area contributed by atoms with Gasteiger partial charge in [0.25, 0.3) is 0 Å². The molecule has 0 aliphatic heterocycles. The van der Waals surface area contributed by atoms with Gasteiger partial charge in [0.2, 0.25) is 0 Å². The molecule has 0 bridgehead atoms. The minimum atomic E-state index is 1.07. The average Bonchev–Trinajstić information content (AvgIpc) is 2.44. The van der Waals surface area contributed by atoms with E-state index in [-0.39, 0.29) is 0 Å². The zero-order valence-electron chi connectivity index (χ0n) is 4.49. The molecule has 0 aromatic heterocycles. The summed E-state index contributed by atoms with van der Waals surface area (Å²) < 4.78 is 0. The van der Waals surface area contributed by atoms with Crippen LogP contribution < -0.4 is 5.32 Å². The van der Waals surface area contributed by atoms with Crippen LogP contribution in [0.4, 0.5) is 0 Å². The Morgan fingerprint density at radius 1 is 2.00 bits per heavy atom. The average molecular weight is 95.1 g/mol. The van der Waals surface area contributed by atoms with E-state index in [9.17, 15) is 0 Å². The molecule has 0 fully saturated rings. The van der Waals surface area contributed by atoms with Crippen LogP contribution in [-0.4, -0.2) is 7.05 Å². The van der Waals surface area contributed by atoms with Crippen molar-refractivity contribution in [2.75, 3.05) is 7.05 Å². The smallest absolute Gasteiger partial charge is 0.0297 e. The summed E-state index contributed by atoms with van der Waals surface area (Å²) in [4.78, 5) is 0. The quantitative estimate of drug-likeness (QED) is 0.540. The predicted octanol–water partition coefficient (Wildman–Crippen LogP) is 1.05.